The average molecular weight is 363 g/mol. The molecule has 1 aliphatic heterocycles. The molecule has 1 fully saturated rings. The summed E-state index contributed by atoms with van der Waals surface area (Å²) >= 11 is 0. The lowest BCUT2D eigenvalue weighted by Crippen LogP contribution is -2.40. The molecule has 0 radical (unpaired) electrons. The van der Waals surface area contributed by atoms with Crippen LogP contribution in [0.4, 0.5) is 5.69 Å². The highest BCUT2D eigenvalue weighted by molar-refractivity contribution is 5.93. The Balaban J connectivity index is 0.00000225. The minimum Gasteiger partial charge on any atom is -0.424 e. The molecule has 6 nitrogen and oxygen atoms in total. The first-order chi connectivity index (χ1) is 11.6. The molecule has 0 spiro atoms. The van der Waals surface area contributed by atoms with Gasteiger partial charge in [-0.25, -0.2) is 9.97 Å². The Bertz CT molecular complexity index is 711. The smallest absolute Gasteiger partial charge is 0.321 e. The molecule has 0 unspecified atom stereocenters. The van der Waals surface area contributed by atoms with E-state index < -0.39 is 0 Å². The highest BCUT2D eigenvalue weighted by atomic mass is 35.5. The fourth-order valence-electron chi connectivity index (χ4n) is 2.89. The van der Waals surface area contributed by atoms with Gasteiger partial charge in [0.15, 0.2) is 0 Å². The summed E-state index contributed by atoms with van der Waals surface area (Å²) in [5, 5.41) is 6.40. The maximum absolute atomic E-state index is 12.5. The molecule has 7 heteroatoms. The van der Waals surface area contributed by atoms with Gasteiger partial charge in [-0.2, -0.15) is 0 Å². The minimum atomic E-state index is 0. The average Bonchev–Trinajstić information content (AvgIpc) is 2.58. The number of carbonyl (C=O) groups is 1. The second-order valence-electron chi connectivity index (χ2n) is 6.18. The fourth-order valence-corrected chi connectivity index (χ4v) is 2.89. The van der Waals surface area contributed by atoms with E-state index in [1.807, 2.05) is 25.1 Å². The molecule has 2 heterocycles. The molecule has 1 saturated heterocycles. The molecule has 2 aromatic rings. The highest BCUT2D eigenvalue weighted by Crippen LogP contribution is 2.25. The van der Waals surface area contributed by atoms with Gasteiger partial charge in [-0.1, -0.05) is 0 Å². The summed E-state index contributed by atoms with van der Waals surface area (Å²) in [5.74, 6) is 0.799. The molecule has 2 N–H and O–H groups in total. The first-order valence-corrected chi connectivity index (χ1v) is 8.21. The Morgan fingerprint density at radius 3 is 2.76 bits per heavy atom. The van der Waals surface area contributed by atoms with Crippen LogP contribution in [0.5, 0.6) is 11.8 Å². The van der Waals surface area contributed by atoms with E-state index in [-0.39, 0.29) is 24.2 Å². The van der Waals surface area contributed by atoms with E-state index in [1.165, 1.54) is 0 Å². The van der Waals surface area contributed by atoms with Gasteiger partial charge in [0.1, 0.15) is 5.75 Å². The van der Waals surface area contributed by atoms with Crippen LogP contribution in [0.25, 0.3) is 0 Å². The summed E-state index contributed by atoms with van der Waals surface area (Å²) in [6.45, 7) is 4.95. The number of nitrogens with zero attached hydrogens (tertiary/aromatic N) is 2. The largest absolute Gasteiger partial charge is 0.424 e. The normalized spacial score (nSPS) is 19.6. The number of benzene rings is 1. The van der Waals surface area contributed by atoms with E-state index in [0.29, 0.717) is 17.8 Å². The second kappa shape index (κ2) is 8.78. The summed E-state index contributed by atoms with van der Waals surface area (Å²) in [7, 11) is 0. The van der Waals surface area contributed by atoms with Crippen LogP contribution in [0.1, 0.15) is 25.3 Å². The van der Waals surface area contributed by atoms with Gasteiger partial charge in [0.25, 0.3) is 0 Å². The molecule has 3 rings (SSSR count). The quantitative estimate of drug-likeness (QED) is 0.872. The van der Waals surface area contributed by atoms with E-state index in [4.69, 9.17) is 4.74 Å². The van der Waals surface area contributed by atoms with Crippen LogP contribution in [0, 0.1) is 12.8 Å². The van der Waals surface area contributed by atoms with Gasteiger partial charge in [-0.15, -0.1) is 12.4 Å². The van der Waals surface area contributed by atoms with E-state index in [1.54, 1.807) is 18.5 Å². The van der Waals surface area contributed by atoms with Crippen molar-refractivity contribution < 1.29 is 9.53 Å². The van der Waals surface area contributed by atoms with Crippen molar-refractivity contribution in [1.29, 1.82) is 0 Å². The molecular formula is C18H23ClN4O2. The number of anilines is 1. The predicted octanol–water partition coefficient (Wildman–Crippen LogP) is 3.33. The van der Waals surface area contributed by atoms with Crippen LogP contribution in [0.2, 0.25) is 0 Å². The number of amides is 1. The summed E-state index contributed by atoms with van der Waals surface area (Å²) in [6.07, 6.45) is 5.01. The van der Waals surface area contributed by atoms with Crippen LogP contribution in [-0.4, -0.2) is 28.5 Å². The monoisotopic (exact) mass is 362 g/mol. The number of rotatable bonds is 4. The Hall–Kier alpha value is -2.18. The van der Waals surface area contributed by atoms with E-state index in [9.17, 15) is 4.79 Å². The standard InChI is InChI=1S/C18H22N4O2.ClH/c1-12-10-15(24-18-20-7-3-8-21-18)4-5-16(12)22-17(23)14-6-9-19-13(2)11-14;/h3-5,7-8,10,13-14,19H,6,9,11H2,1-2H3,(H,22,23);1H/t13-,14-;/m0./s1. The number of aryl methyl sites for hydroxylation is 1. The van der Waals surface area contributed by atoms with E-state index in [0.717, 1.165) is 30.6 Å². The molecule has 1 aliphatic rings. The molecule has 1 aromatic carbocycles. The number of ether oxygens (including phenoxy) is 1. The zero-order valence-electron chi connectivity index (χ0n) is 14.4. The van der Waals surface area contributed by atoms with Gasteiger partial charge in [-0.05, 0) is 63.1 Å². The molecule has 1 aromatic heterocycles. The van der Waals surface area contributed by atoms with Gasteiger partial charge in [-0.3, -0.25) is 4.79 Å². The third-order valence-electron chi connectivity index (χ3n) is 4.20. The Morgan fingerprint density at radius 2 is 2.08 bits per heavy atom. The predicted molar refractivity (Wildman–Crippen MR) is 99.4 cm³/mol. The summed E-state index contributed by atoms with van der Waals surface area (Å²) in [5.41, 5.74) is 1.76. The maximum atomic E-state index is 12.5. The van der Waals surface area contributed by atoms with Crippen molar-refractivity contribution in [3.8, 4) is 11.8 Å². The van der Waals surface area contributed by atoms with Crippen LogP contribution >= 0.6 is 12.4 Å². The van der Waals surface area contributed by atoms with Gasteiger partial charge in [0, 0.05) is 30.0 Å². The molecule has 0 saturated carbocycles. The van der Waals surface area contributed by atoms with E-state index in [2.05, 4.69) is 27.5 Å². The Kier molecular flexibility index (Phi) is 6.73. The minimum absolute atomic E-state index is 0. The van der Waals surface area contributed by atoms with Gasteiger partial charge in [0.2, 0.25) is 5.91 Å². The number of halogens is 1. The number of piperidine rings is 1. The van der Waals surface area contributed by atoms with Crippen LogP contribution in [-0.2, 0) is 4.79 Å². The molecule has 134 valence electrons. The number of carbonyl (C=O) groups excluding carboxylic acids is 1. The number of hydrogen-bond acceptors (Lipinski definition) is 5. The summed E-state index contributed by atoms with van der Waals surface area (Å²) in [4.78, 5) is 20.5. The highest BCUT2D eigenvalue weighted by Gasteiger charge is 2.24. The lowest BCUT2D eigenvalue weighted by molar-refractivity contribution is -0.120. The maximum Gasteiger partial charge on any atom is 0.321 e. The number of aromatic nitrogens is 2. The van der Waals surface area contributed by atoms with Crippen molar-refractivity contribution >= 4 is 24.0 Å². The van der Waals surface area contributed by atoms with Gasteiger partial charge >= 0.3 is 6.01 Å². The van der Waals surface area contributed by atoms with E-state index >= 15 is 0 Å². The third-order valence-corrected chi connectivity index (χ3v) is 4.20. The fraction of sp³-hybridized carbons (Fsp3) is 0.389. The number of nitrogens with one attached hydrogen (secondary N) is 2. The third kappa shape index (κ3) is 5.14. The Morgan fingerprint density at radius 1 is 1.32 bits per heavy atom. The van der Waals surface area contributed by atoms with Crippen molar-refractivity contribution in [2.24, 2.45) is 5.92 Å². The summed E-state index contributed by atoms with van der Waals surface area (Å²) in [6, 6.07) is 7.96. The van der Waals surface area contributed by atoms with Gasteiger partial charge < -0.3 is 15.4 Å². The van der Waals surface area contributed by atoms with Crippen molar-refractivity contribution in [3.63, 3.8) is 0 Å². The molecule has 0 aliphatic carbocycles. The van der Waals surface area contributed by atoms with Crippen molar-refractivity contribution in [2.75, 3.05) is 11.9 Å². The first kappa shape index (κ1) is 19.1. The zero-order valence-corrected chi connectivity index (χ0v) is 15.2. The molecule has 25 heavy (non-hydrogen) atoms. The lowest BCUT2D eigenvalue weighted by atomic mass is 9.92. The van der Waals surface area contributed by atoms with Crippen LogP contribution in [0.15, 0.2) is 36.7 Å². The number of hydrogen-bond donors (Lipinski definition) is 2. The van der Waals surface area contributed by atoms with Crippen LogP contribution < -0.4 is 15.4 Å². The topological polar surface area (TPSA) is 76.1 Å². The molecule has 0 bridgehead atoms. The van der Waals surface area contributed by atoms with Crippen molar-refractivity contribution in [3.05, 3.63) is 42.2 Å². The van der Waals surface area contributed by atoms with Crippen molar-refractivity contribution in [2.45, 2.75) is 32.7 Å². The first-order valence-electron chi connectivity index (χ1n) is 8.21. The van der Waals surface area contributed by atoms with Crippen LogP contribution in [0.3, 0.4) is 0 Å². The molecule has 2 atom stereocenters. The summed E-state index contributed by atoms with van der Waals surface area (Å²) < 4.78 is 5.61. The SMILES string of the molecule is Cc1cc(Oc2ncccn2)ccc1NC(=O)[C@H]1CCN[C@@H](C)C1.Cl. The Labute approximate surface area is 153 Å². The van der Waals surface area contributed by atoms with Gasteiger partial charge in [0.05, 0.1) is 0 Å². The van der Waals surface area contributed by atoms with Crippen molar-refractivity contribution in [1.82, 2.24) is 15.3 Å². The second-order valence-corrected chi connectivity index (χ2v) is 6.18. The lowest BCUT2D eigenvalue weighted by Gasteiger charge is -2.27. The molecule has 1 amide bonds. The molecular weight excluding hydrogens is 340 g/mol. The zero-order chi connectivity index (χ0) is 16.9.